The van der Waals surface area contributed by atoms with Crippen LogP contribution in [0.2, 0.25) is 0 Å². The molecule has 82 valence electrons. The Kier molecular flexibility index (Phi) is 2.99. The molecule has 0 heterocycles. The predicted molar refractivity (Wildman–Crippen MR) is 63.7 cm³/mol. The van der Waals surface area contributed by atoms with Gasteiger partial charge >= 0.3 is 0 Å². The minimum Gasteiger partial charge on any atom is -0.494 e. The normalized spacial score (nSPS) is 15.7. The van der Waals surface area contributed by atoms with Gasteiger partial charge in [-0.05, 0) is 43.2 Å². The molecule has 0 N–H and O–H groups in total. The molecule has 1 saturated carbocycles. The molecule has 1 heteroatoms. The SMILES string of the molecule is CCOc1cccc(C(C)C)c1C1CC1. The second-order valence-electron chi connectivity index (χ2n) is 4.62. The number of hydrogen-bond donors (Lipinski definition) is 0. The number of benzene rings is 1. The molecule has 0 aromatic heterocycles. The van der Waals surface area contributed by atoms with Gasteiger partial charge < -0.3 is 4.74 Å². The van der Waals surface area contributed by atoms with Crippen LogP contribution in [0.4, 0.5) is 0 Å². The molecule has 1 aromatic rings. The van der Waals surface area contributed by atoms with Crippen molar-refractivity contribution >= 4 is 0 Å². The maximum Gasteiger partial charge on any atom is 0.123 e. The van der Waals surface area contributed by atoms with Gasteiger partial charge in [0.1, 0.15) is 5.75 Å². The summed E-state index contributed by atoms with van der Waals surface area (Å²) in [6.07, 6.45) is 2.67. The van der Waals surface area contributed by atoms with Crippen molar-refractivity contribution in [1.29, 1.82) is 0 Å². The van der Waals surface area contributed by atoms with Crippen LogP contribution in [0.5, 0.6) is 5.75 Å². The zero-order valence-electron chi connectivity index (χ0n) is 9.92. The van der Waals surface area contributed by atoms with Crippen LogP contribution in [0.25, 0.3) is 0 Å². The lowest BCUT2D eigenvalue weighted by atomic mass is 9.93. The van der Waals surface area contributed by atoms with E-state index in [-0.39, 0.29) is 0 Å². The van der Waals surface area contributed by atoms with E-state index in [4.69, 9.17) is 4.74 Å². The van der Waals surface area contributed by atoms with Gasteiger partial charge in [-0.2, -0.15) is 0 Å². The maximum atomic E-state index is 5.73. The van der Waals surface area contributed by atoms with E-state index in [1.165, 1.54) is 24.0 Å². The Hall–Kier alpha value is -0.980. The highest BCUT2D eigenvalue weighted by Crippen LogP contribution is 2.47. The summed E-state index contributed by atoms with van der Waals surface area (Å²) in [7, 11) is 0. The van der Waals surface area contributed by atoms with E-state index in [1.807, 2.05) is 0 Å². The van der Waals surface area contributed by atoms with Crippen molar-refractivity contribution in [2.24, 2.45) is 0 Å². The van der Waals surface area contributed by atoms with Gasteiger partial charge in [-0.15, -0.1) is 0 Å². The summed E-state index contributed by atoms with van der Waals surface area (Å²) in [5.41, 5.74) is 2.96. The first kappa shape index (κ1) is 10.5. The molecule has 15 heavy (non-hydrogen) atoms. The van der Waals surface area contributed by atoms with Crippen LogP contribution in [0.1, 0.15) is 56.6 Å². The molecule has 0 radical (unpaired) electrons. The molecule has 1 fully saturated rings. The summed E-state index contributed by atoms with van der Waals surface area (Å²) in [5, 5.41) is 0. The standard InChI is InChI=1S/C14H20O/c1-4-15-13-7-5-6-12(10(2)3)14(13)11-8-9-11/h5-7,10-11H,4,8-9H2,1-3H3. The van der Waals surface area contributed by atoms with E-state index in [9.17, 15) is 0 Å². The quantitative estimate of drug-likeness (QED) is 0.718. The summed E-state index contributed by atoms with van der Waals surface area (Å²) in [5.74, 6) is 2.48. The van der Waals surface area contributed by atoms with E-state index in [0.717, 1.165) is 18.3 Å². The van der Waals surface area contributed by atoms with E-state index >= 15 is 0 Å². The summed E-state index contributed by atoms with van der Waals surface area (Å²) in [6, 6.07) is 6.48. The Morgan fingerprint density at radius 3 is 2.60 bits per heavy atom. The smallest absolute Gasteiger partial charge is 0.123 e. The topological polar surface area (TPSA) is 9.23 Å². The number of rotatable bonds is 4. The van der Waals surface area contributed by atoms with Crippen LogP contribution in [0, 0.1) is 0 Å². The van der Waals surface area contributed by atoms with Crippen molar-refractivity contribution in [3.63, 3.8) is 0 Å². The molecule has 0 bridgehead atoms. The van der Waals surface area contributed by atoms with Crippen LogP contribution >= 0.6 is 0 Å². The van der Waals surface area contributed by atoms with Gasteiger partial charge in [0.15, 0.2) is 0 Å². The fraction of sp³-hybridized carbons (Fsp3) is 0.571. The molecule has 1 nitrogen and oxygen atoms in total. The molecule has 0 spiro atoms. The second-order valence-corrected chi connectivity index (χ2v) is 4.62. The van der Waals surface area contributed by atoms with Crippen LogP contribution in [-0.2, 0) is 0 Å². The van der Waals surface area contributed by atoms with E-state index in [1.54, 1.807) is 0 Å². The Morgan fingerprint density at radius 2 is 2.07 bits per heavy atom. The molecule has 2 rings (SSSR count). The first-order valence-electron chi connectivity index (χ1n) is 5.99. The lowest BCUT2D eigenvalue weighted by Crippen LogP contribution is -2.01. The zero-order chi connectivity index (χ0) is 10.8. The molecular weight excluding hydrogens is 184 g/mol. The average Bonchev–Trinajstić information content (AvgIpc) is 3.01. The highest BCUT2D eigenvalue weighted by Gasteiger charge is 2.29. The van der Waals surface area contributed by atoms with Gasteiger partial charge in [0.2, 0.25) is 0 Å². The molecule has 0 aliphatic heterocycles. The minimum atomic E-state index is 0.598. The highest BCUT2D eigenvalue weighted by molar-refractivity contribution is 5.46. The fourth-order valence-corrected chi connectivity index (χ4v) is 2.15. The number of ether oxygens (including phenoxy) is 1. The Balaban J connectivity index is 2.40. The first-order valence-corrected chi connectivity index (χ1v) is 5.99. The predicted octanol–water partition coefficient (Wildman–Crippen LogP) is 4.09. The zero-order valence-corrected chi connectivity index (χ0v) is 9.92. The molecule has 1 aliphatic carbocycles. The third-order valence-electron chi connectivity index (χ3n) is 3.01. The van der Waals surface area contributed by atoms with Crippen LogP contribution in [-0.4, -0.2) is 6.61 Å². The lowest BCUT2D eigenvalue weighted by molar-refractivity contribution is 0.336. The molecule has 0 saturated heterocycles. The van der Waals surface area contributed by atoms with E-state index < -0.39 is 0 Å². The molecule has 0 amide bonds. The summed E-state index contributed by atoms with van der Waals surface area (Å²) < 4.78 is 5.73. The van der Waals surface area contributed by atoms with Gasteiger partial charge in [-0.3, -0.25) is 0 Å². The lowest BCUT2D eigenvalue weighted by Gasteiger charge is -2.16. The maximum absolute atomic E-state index is 5.73. The molecule has 1 aliphatic rings. The molecule has 0 atom stereocenters. The third kappa shape index (κ3) is 2.17. The van der Waals surface area contributed by atoms with Gasteiger partial charge in [0.05, 0.1) is 6.61 Å². The van der Waals surface area contributed by atoms with Crippen molar-refractivity contribution in [3.8, 4) is 5.75 Å². The van der Waals surface area contributed by atoms with Crippen molar-refractivity contribution in [2.75, 3.05) is 6.61 Å². The van der Waals surface area contributed by atoms with Gasteiger partial charge in [0.25, 0.3) is 0 Å². The van der Waals surface area contributed by atoms with Crippen LogP contribution in [0.3, 0.4) is 0 Å². The Morgan fingerprint density at radius 1 is 1.33 bits per heavy atom. The Labute approximate surface area is 92.5 Å². The summed E-state index contributed by atoms with van der Waals surface area (Å²) in [4.78, 5) is 0. The fourth-order valence-electron chi connectivity index (χ4n) is 2.15. The van der Waals surface area contributed by atoms with Crippen LogP contribution in [0.15, 0.2) is 18.2 Å². The van der Waals surface area contributed by atoms with Crippen molar-refractivity contribution in [3.05, 3.63) is 29.3 Å². The second kappa shape index (κ2) is 4.26. The third-order valence-corrected chi connectivity index (χ3v) is 3.01. The molecule has 0 unspecified atom stereocenters. The molecular formula is C14H20O. The minimum absolute atomic E-state index is 0.598. The van der Waals surface area contributed by atoms with Crippen molar-refractivity contribution in [1.82, 2.24) is 0 Å². The Bertz CT molecular complexity index is 337. The van der Waals surface area contributed by atoms with Crippen molar-refractivity contribution in [2.45, 2.75) is 45.4 Å². The van der Waals surface area contributed by atoms with Gasteiger partial charge in [-0.25, -0.2) is 0 Å². The van der Waals surface area contributed by atoms with Gasteiger partial charge in [0, 0.05) is 5.56 Å². The van der Waals surface area contributed by atoms with E-state index in [0.29, 0.717) is 5.92 Å². The van der Waals surface area contributed by atoms with Gasteiger partial charge in [-0.1, -0.05) is 26.0 Å². The van der Waals surface area contributed by atoms with E-state index in [2.05, 4.69) is 39.0 Å². The summed E-state index contributed by atoms with van der Waals surface area (Å²) >= 11 is 0. The van der Waals surface area contributed by atoms with Crippen molar-refractivity contribution < 1.29 is 4.74 Å². The molecule has 1 aromatic carbocycles. The summed E-state index contributed by atoms with van der Waals surface area (Å²) in [6.45, 7) is 7.34. The van der Waals surface area contributed by atoms with Crippen LogP contribution < -0.4 is 4.74 Å². The number of hydrogen-bond acceptors (Lipinski definition) is 1. The largest absolute Gasteiger partial charge is 0.494 e. The first-order chi connectivity index (χ1) is 7.24. The monoisotopic (exact) mass is 204 g/mol. The highest BCUT2D eigenvalue weighted by atomic mass is 16.5. The average molecular weight is 204 g/mol.